The van der Waals surface area contributed by atoms with Crippen LogP contribution in [0.3, 0.4) is 0 Å². The maximum absolute atomic E-state index is 4.08. The molecule has 1 aromatic rings. The minimum atomic E-state index is 0.579. The third kappa shape index (κ3) is 4.38. The third-order valence-electron chi connectivity index (χ3n) is 2.20. The Hall–Kier alpha value is -0.890. The van der Waals surface area contributed by atoms with Gasteiger partial charge in [0.25, 0.3) is 0 Å². The predicted octanol–water partition coefficient (Wildman–Crippen LogP) is 2.61. The molecule has 0 spiro atoms. The highest BCUT2D eigenvalue weighted by molar-refractivity contribution is 5.07. The Morgan fingerprint density at radius 2 is 2.14 bits per heavy atom. The largest absolute Gasteiger partial charge is 0.310 e. The molecule has 1 aromatic heterocycles. The van der Waals surface area contributed by atoms with Gasteiger partial charge in [0.05, 0.1) is 0 Å². The van der Waals surface area contributed by atoms with E-state index in [-0.39, 0.29) is 0 Å². The zero-order chi connectivity index (χ0) is 10.4. The maximum atomic E-state index is 4.08. The van der Waals surface area contributed by atoms with Crippen LogP contribution in [-0.2, 0) is 6.54 Å². The average molecular weight is 192 g/mol. The molecule has 1 N–H and O–H groups in total. The monoisotopic (exact) mass is 192 g/mol. The highest BCUT2D eigenvalue weighted by atomic mass is 14.9. The third-order valence-corrected chi connectivity index (χ3v) is 2.20. The first-order valence-corrected chi connectivity index (χ1v) is 5.30. The molecule has 0 fully saturated rings. The van der Waals surface area contributed by atoms with Gasteiger partial charge >= 0.3 is 0 Å². The molecule has 1 unspecified atom stereocenters. The summed E-state index contributed by atoms with van der Waals surface area (Å²) in [4.78, 5) is 4.08. The number of nitrogens with zero attached hydrogens (tertiary/aromatic N) is 1. The molecule has 0 radical (unpaired) electrons. The SMILES string of the molecule is CC(C)CC(C)NCc1cccnc1. The molecular formula is C12H20N2. The van der Waals surface area contributed by atoms with Crippen LogP contribution in [0.1, 0.15) is 32.8 Å². The van der Waals surface area contributed by atoms with Crippen molar-refractivity contribution in [3.63, 3.8) is 0 Å². The molecule has 0 amide bonds. The van der Waals surface area contributed by atoms with Crippen molar-refractivity contribution in [1.82, 2.24) is 10.3 Å². The Morgan fingerprint density at radius 1 is 1.36 bits per heavy atom. The summed E-state index contributed by atoms with van der Waals surface area (Å²) in [6.45, 7) is 7.66. The van der Waals surface area contributed by atoms with Crippen molar-refractivity contribution < 1.29 is 0 Å². The van der Waals surface area contributed by atoms with E-state index in [1.54, 1.807) is 6.20 Å². The highest BCUT2D eigenvalue weighted by Gasteiger charge is 2.03. The van der Waals surface area contributed by atoms with Crippen LogP contribution in [0.15, 0.2) is 24.5 Å². The standard InChI is InChI=1S/C12H20N2/c1-10(2)7-11(3)14-9-12-5-4-6-13-8-12/h4-6,8,10-11,14H,7,9H2,1-3H3. The second-order valence-corrected chi connectivity index (χ2v) is 4.27. The lowest BCUT2D eigenvalue weighted by Gasteiger charge is -2.15. The molecule has 78 valence electrons. The van der Waals surface area contributed by atoms with Crippen LogP contribution < -0.4 is 5.32 Å². The molecule has 2 nitrogen and oxygen atoms in total. The van der Waals surface area contributed by atoms with Crippen molar-refractivity contribution in [2.75, 3.05) is 0 Å². The van der Waals surface area contributed by atoms with Crippen molar-refractivity contribution in [2.24, 2.45) is 5.92 Å². The van der Waals surface area contributed by atoms with E-state index < -0.39 is 0 Å². The lowest BCUT2D eigenvalue weighted by Crippen LogP contribution is -2.26. The van der Waals surface area contributed by atoms with Crippen molar-refractivity contribution in [1.29, 1.82) is 0 Å². The van der Waals surface area contributed by atoms with Crippen LogP contribution in [-0.4, -0.2) is 11.0 Å². The summed E-state index contributed by atoms with van der Waals surface area (Å²) in [5, 5.41) is 3.49. The zero-order valence-electron chi connectivity index (χ0n) is 9.33. The molecule has 1 atom stereocenters. The van der Waals surface area contributed by atoms with E-state index >= 15 is 0 Å². The Bertz CT molecular complexity index is 244. The summed E-state index contributed by atoms with van der Waals surface area (Å²) >= 11 is 0. The van der Waals surface area contributed by atoms with Crippen molar-refractivity contribution in [3.8, 4) is 0 Å². The van der Waals surface area contributed by atoms with Gasteiger partial charge in [0.1, 0.15) is 0 Å². The zero-order valence-corrected chi connectivity index (χ0v) is 9.33. The van der Waals surface area contributed by atoms with Gasteiger partial charge in [-0.05, 0) is 30.9 Å². The van der Waals surface area contributed by atoms with Gasteiger partial charge in [-0.3, -0.25) is 4.98 Å². The first kappa shape index (κ1) is 11.2. The van der Waals surface area contributed by atoms with Crippen molar-refractivity contribution >= 4 is 0 Å². The van der Waals surface area contributed by atoms with E-state index in [1.807, 2.05) is 12.3 Å². The fourth-order valence-corrected chi connectivity index (χ4v) is 1.59. The van der Waals surface area contributed by atoms with Crippen LogP contribution in [0.25, 0.3) is 0 Å². The van der Waals surface area contributed by atoms with Gasteiger partial charge in [-0.2, -0.15) is 0 Å². The van der Waals surface area contributed by atoms with Gasteiger partial charge < -0.3 is 5.32 Å². The molecule has 1 rings (SSSR count). The normalized spacial score (nSPS) is 13.1. The Morgan fingerprint density at radius 3 is 2.71 bits per heavy atom. The van der Waals surface area contributed by atoms with E-state index in [0.717, 1.165) is 12.5 Å². The van der Waals surface area contributed by atoms with Crippen LogP contribution >= 0.6 is 0 Å². The van der Waals surface area contributed by atoms with Crippen LogP contribution in [0.2, 0.25) is 0 Å². The van der Waals surface area contributed by atoms with E-state index in [9.17, 15) is 0 Å². The van der Waals surface area contributed by atoms with Gasteiger partial charge in [0.2, 0.25) is 0 Å². The lowest BCUT2D eigenvalue weighted by atomic mass is 10.1. The van der Waals surface area contributed by atoms with Crippen LogP contribution in [0.4, 0.5) is 0 Å². The first-order chi connectivity index (χ1) is 6.68. The number of hydrogen-bond acceptors (Lipinski definition) is 2. The summed E-state index contributed by atoms with van der Waals surface area (Å²) in [5.41, 5.74) is 1.25. The van der Waals surface area contributed by atoms with Crippen molar-refractivity contribution in [3.05, 3.63) is 30.1 Å². The molecule has 14 heavy (non-hydrogen) atoms. The molecule has 0 aliphatic carbocycles. The average Bonchev–Trinajstić information content (AvgIpc) is 2.15. The molecule has 0 aliphatic heterocycles. The number of nitrogens with one attached hydrogen (secondary N) is 1. The molecule has 0 aliphatic rings. The number of aromatic nitrogens is 1. The lowest BCUT2D eigenvalue weighted by molar-refractivity contribution is 0.441. The molecular weight excluding hydrogens is 172 g/mol. The van der Waals surface area contributed by atoms with Crippen LogP contribution in [0, 0.1) is 5.92 Å². The molecule has 0 bridgehead atoms. The van der Waals surface area contributed by atoms with Gasteiger partial charge in [-0.25, -0.2) is 0 Å². The topological polar surface area (TPSA) is 24.9 Å². The van der Waals surface area contributed by atoms with Gasteiger partial charge in [0, 0.05) is 25.0 Å². The summed E-state index contributed by atoms with van der Waals surface area (Å²) in [7, 11) is 0. The fourth-order valence-electron chi connectivity index (χ4n) is 1.59. The summed E-state index contributed by atoms with van der Waals surface area (Å²) in [5.74, 6) is 0.756. The van der Waals surface area contributed by atoms with Gasteiger partial charge in [0.15, 0.2) is 0 Å². The minimum absolute atomic E-state index is 0.579. The second kappa shape index (κ2) is 5.76. The van der Waals surface area contributed by atoms with Gasteiger partial charge in [-0.1, -0.05) is 19.9 Å². The number of hydrogen-bond donors (Lipinski definition) is 1. The summed E-state index contributed by atoms with van der Waals surface area (Å²) in [6, 6.07) is 4.65. The summed E-state index contributed by atoms with van der Waals surface area (Å²) in [6.07, 6.45) is 4.94. The number of pyridine rings is 1. The molecule has 2 heteroatoms. The minimum Gasteiger partial charge on any atom is -0.310 e. The Balaban J connectivity index is 2.27. The quantitative estimate of drug-likeness (QED) is 0.775. The molecule has 0 saturated heterocycles. The van der Waals surface area contributed by atoms with E-state index in [1.165, 1.54) is 12.0 Å². The summed E-state index contributed by atoms with van der Waals surface area (Å²) < 4.78 is 0. The maximum Gasteiger partial charge on any atom is 0.0312 e. The second-order valence-electron chi connectivity index (χ2n) is 4.27. The molecule has 0 aromatic carbocycles. The van der Waals surface area contributed by atoms with Crippen LogP contribution in [0.5, 0.6) is 0 Å². The predicted molar refractivity (Wildman–Crippen MR) is 60.0 cm³/mol. The van der Waals surface area contributed by atoms with E-state index in [2.05, 4.69) is 37.1 Å². The van der Waals surface area contributed by atoms with Gasteiger partial charge in [-0.15, -0.1) is 0 Å². The highest BCUT2D eigenvalue weighted by Crippen LogP contribution is 2.04. The number of rotatable bonds is 5. The van der Waals surface area contributed by atoms with E-state index in [4.69, 9.17) is 0 Å². The molecule has 0 saturated carbocycles. The Labute approximate surface area is 86.8 Å². The Kier molecular flexibility index (Phi) is 4.60. The molecule has 1 heterocycles. The smallest absolute Gasteiger partial charge is 0.0312 e. The van der Waals surface area contributed by atoms with Crippen molar-refractivity contribution in [2.45, 2.75) is 39.8 Å². The van der Waals surface area contributed by atoms with E-state index in [0.29, 0.717) is 6.04 Å². The first-order valence-electron chi connectivity index (χ1n) is 5.30. The fraction of sp³-hybridized carbons (Fsp3) is 0.583.